The zero-order valence-corrected chi connectivity index (χ0v) is 29.2. The number of hydrogen-bond donors (Lipinski definition) is 0. The van der Waals surface area contributed by atoms with Gasteiger partial charge in [0.05, 0.1) is 11.2 Å². The van der Waals surface area contributed by atoms with Crippen LogP contribution in [0.2, 0.25) is 0 Å². The van der Waals surface area contributed by atoms with Crippen molar-refractivity contribution in [1.29, 1.82) is 0 Å². The van der Waals surface area contributed by atoms with Gasteiger partial charge in [-0.05, 0) is 114 Å². The predicted octanol–water partition coefficient (Wildman–Crippen LogP) is 12.9. The van der Waals surface area contributed by atoms with Crippen LogP contribution < -0.4 is 0 Å². The van der Waals surface area contributed by atoms with Crippen molar-refractivity contribution in [2.75, 3.05) is 0 Å². The smallest absolute Gasteiger partial charge is 0.135 e. The molecule has 0 bridgehead atoms. The van der Waals surface area contributed by atoms with E-state index >= 15 is 0 Å². The molecule has 1 aliphatic rings. The average molecular weight is 669 g/mol. The second kappa shape index (κ2) is 11.1. The summed E-state index contributed by atoms with van der Waals surface area (Å²) in [7, 11) is 0. The summed E-state index contributed by atoms with van der Waals surface area (Å²) in [6, 6.07) is 39.3. The van der Waals surface area contributed by atoms with Crippen LogP contribution in [-0.4, -0.2) is 9.55 Å². The summed E-state index contributed by atoms with van der Waals surface area (Å²) in [5, 5.41) is 4.53. The molecule has 0 amide bonds. The maximum Gasteiger partial charge on any atom is 0.135 e. The van der Waals surface area contributed by atoms with Crippen LogP contribution >= 0.6 is 11.3 Å². The van der Waals surface area contributed by atoms with E-state index in [-0.39, 0.29) is 5.41 Å². The first-order chi connectivity index (χ1) is 24.4. The van der Waals surface area contributed by atoms with Crippen molar-refractivity contribution >= 4 is 55.2 Å². The Morgan fingerprint density at radius 1 is 0.600 bits per heavy atom. The van der Waals surface area contributed by atoms with Gasteiger partial charge in [0.15, 0.2) is 0 Å². The number of aryl methyl sites for hydroxylation is 2. The molecule has 4 nitrogen and oxygen atoms in total. The second-order valence-corrected chi connectivity index (χ2v) is 15.6. The minimum absolute atomic E-state index is 0.0436. The Bertz CT molecular complexity index is 2760. The first-order valence-corrected chi connectivity index (χ1v) is 18.4. The van der Waals surface area contributed by atoms with Crippen molar-refractivity contribution in [2.45, 2.75) is 51.9 Å². The molecule has 5 aromatic carbocycles. The molecule has 0 saturated carbocycles. The maximum absolute atomic E-state index is 6.44. The van der Waals surface area contributed by atoms with Crippen molar-refractivity contribution in [1.82, 2.24) is 9.55 Å². The van der Waals surface area contributed by atoms with Crippen LogP contribution in [0.25, 0.3) is 83.2 Å². The molecule has 4 aromatic heterocycles. The van der Waals surface area contributed by atoms with Gasteiger partial charge < -0.3 is 13.4 Å². The van der Waals surface area contributed by atoms with Gasteiger partial charge in [0.1, 0.15) is 28.0 Å². The molecule has 0 unspecified atom stereocenters. The number of nitrogens with zero attached hydrogens (tertiary/aromatic N) is 2. The molecule has 9 aromatic rings. The Morgan fingerprint density at radius 2 is 1.22 bits per heavy atom. The van der Waals surface area contributed by atoms with Crippen LogP contribution in [-0.2, 0) is 18.3 Å². The molecular weight excluding hydrogens is 633 g/mol. The molecule has 244 valence electrons. The Balaban J connectivity index is 1.10. The lowest BCUT2D eigenvalue weighted by Crippen LogP contribution is -2.17. The zero-order valence-electron chi connectivity index (χ0n) is 28.4. The Labute approximate surface area is 294 Å². The lowest BCUT2D eigenvalue weighted by molar-refractivity contribution is 0.557. The molecule has 0 atom stereocenters. The third-order valence-corrected chi connectivity index (χ3v) is 11.3. The minimum Gasteiger partial charge on any atom is -0.456 e. The molecule has 50 heavy (non-hydrogen) atoms. The lowest BCUT2D eigenvalue weighted by atomic mass is 9.91. The van der Waals surface area contributed by atoms with E-state index in [1.807, 2.05) is 17.6 Å². The van der Waals surface area contributed by atoms with Crippen molar-refractivity contribution < 1.29 is 8.83 Å². The number of benzene rings is 5. The van der Waals surface area contributed by atoms with Crippen molar-refractivity contribution in [3.8, 4) is 39.3 Å². The SMILES string of the molecule is CC(C)(C)c1cc2c(n1-c1ccc3oc4ccc(-c5cccc(-c6ccc7oc8ccccc8c7c6)c5)cc4c3c1)-c1ncsc1CCCC2. The predicted molar refractivity (Wildman–Crippen MR) is 208 cm³/mol. The third kappa shape index (κ3) is 4.68. The normalized spacial score (nSPS) is 13.6. The molecule has 1 aliphatic carbocycles. The van der Waals surface area contributed by atoms with Crippen molar-refractivity contribution in [3.05, 3.63) is 131 Å². The zero-order chi connectivity index (χ0) is 33.6. The van der Waals surface area contributed by atoms with Crippen LogP contribution in [0.4, 0.5) is 0 Å². The Kier molecular flexibility index (Phi) is 6.53. The second-order valence-electron chi connectivity index (χ2n) is 14.7. The van der Waals surface area contributed by atoms with E-state index in [0.29, 0.717) is 0 Å². The fraction of sp³-hybridized carbons (Fsp3) is 0.178. The monoisotopic (exact) mass is 668 g/mol. The highest BCUT2D eigenvalue weighted by molar-refractivity contribution is 7.10. The van der Waals surface area contributed by atoms with Crippen LogP contribution in [0, 0.1) is 0 Å². The van der Waals surface area contributed by atoms with Gasteiger partial charge in [0, 0.05) is 43.2 Å². The molecule has 5 heteroatoms. The number of para-hydroxylation sites is 1. The van der Waals surface area contributed by atoms with E-state index < -0.39 is 0 Å². The maximum atomic E-state index is 6.44. The quantitative estimate of drug-likeness (QED) is 0.188. The fourth-order valence-corrected chi connectivity index (χ4v) is 8.75. The van der Waals surface area contributed by atoms with E-state index in [0.717, 1.165) is 73.7 Å². The summed E-state index contributed by atoms with van der Waals surface area (Å²) in [4.78, 5) is 6.35. The summed E-state index contributed by atoms with van der Waals surface area (Å²) in [5.74, 6) is 0. The molecule has 0 fully saturated rings. The van der Waals surface area contributed by atoms with E-state index in [9.17, 15) is 0 Å². The van der Waals surface area contributed by atoms with E-state index in [1.165, 1.54) is 51.4 Å². The van der Waals surface area contributed by atoms with Crippen molar-refractivity contribution in [3.63, 3.8) is 0 Å². The van der Waals surface area contributed by atoms with Gasteiger partial charge in [-0.25, -0.2) is 4.98 Å². The van der Waals surface area contributed by atoms with Crippen LogP contribution in [0.1, 0.15) is 49.7 Å². The van der Waals surface area contributed by atoms with Gasteiger partial charge in [-0.15, -0.1) is 11.3 Å². The highest BCUT2D eigenvalue weighted by Crippen LogP contribution is 2.42. The highest BCUT2D eigenvalue weighted by Gasteiger charge is 2.29. The summed E-state index contributed by atoms with van der Waals surface area (Å²) in [6.07, 6.45) is 4.58. The largest absolute Gasteiger partial charge is 0.456 e. The summed E-state index contributed by atoms with van der Waals surface area (Å²) >= 11 is 1.79. The standard InChI is InChI=1S/C45H36N2O2S/c1-45(2,3)42-24-31-9-4-7-14-41-43(46-26-50-41)44(31)47(42)32-17-20-40-36(25-32)35-23-30(16-19-39(35)49-40)28-11-8-10-27(21-28)29-15-18-38-34(22-29)33-12-5-6-13-37(33)48-38/h5-6,8,10-13,15-26H,4,7,9,14H2,1-3H3. The van der Waals surface area contributed by atoms with Gasteiger partial charge >= 0.3 is 0 Å². The molecule has 0 radical (unpaired) electrons. The van der Waals surface area contributed by atoms with Gasteiger partial charge in [0.2, 0.25) is 0 Å². The number of rotatable bonds is 3. The number of furan rings is 2. The van der Waals surface area contributed by atoms with Gasteiger partial charge in [-0.1, -0.05) is 69.3 Å². The first kappa shape index (κ1) is 29.5. The van der Waals surface area contributed by atoms with Gasteiger partial charge in [-0.2, -0.15) is 0 Å². The topological polar surface area (TPSA) is 44.1 Å². The first-order valence-electron chi connectivity index (χ1n) is 17.6. The van der Waals surface area contributed by atoms with E-state index in [4.69, 9.17) is 13.8 Å². The van der Waals surface area contributed by atoms with Gasteiger partial charge in [-0.3, -0.25) is 0 Å². The Morgan fingerprint density at radius 3 is 1.96 bits per heavy atom. The lowest BCUT2D eigenvalue weighted by Gasteiger charge is -2.23. The molecule has 4 heterocycles. The van der Waals surface area contributed by atoms with E-state index in [2.05, 4.69) is 122 Å². The number of fused-ring (bicyclic) bond motifs is 9. The highest BCUT2D eigenvalue weighted by atomic mass is 32.1. The molecule has 0 aliphatic heterocycles. The molecule has 0 spiro atoms. The fourth-order valence-electron chi connectivity index (χ4n) is 7.94. The number of hydrogen-bond acceptors (Lipinski definition) is 4. The molecule has 0 saturated heterocycles. The van der Waals surface area contributed by atoms with Crippen LogP contribution in [0.5, 0.6) is 0 Å². The number of aromatic nitrogens is 2. The summed E-state index contributed by atoms with van der Waals surface area (Å²) < 4.78 is 15.0. The van der Waals surface area contributed by atoms with Crippen LogP contribution in [0.3, 0.4) is 0 Å². The minimum atomic E-state index is -0.0436. The molecule has 10 rings (SSSR count). The number of thiazole rings is 1. The third-order valence-electron chi connectivity index (χ3n) is 10.4. The van der Waals surface area contributed by atoms with E-state index in [1.54, 1.807) is 11.3 Å². The Hall–Kier alpha value is -5.39. The molecular formula is C45H36N2O2S. The van der Waals surface area contributed by atoms with Crippen LogP contribution in [0.15, 0.2) is 124 Å². The summed E-state index contributed by atoms with van der Waals surface area (Å²) in [5.41, 5.74) is 16.6. The average Bonchev–Trinajstić information content (AvgIpc) is 3.90. The van der Waals surface area contributed by atoms with Gasteiger partial charge in [0.25, 0.3) is 0 Å². The summed E-state index contributed by atoms with van der Waals surface area (Å²) in [6.45, 7) is 6.95. The van der Waals surface area contributed by atoms with Crippen molar-refractivity contribution in [2.24, 2.45) is 0 Å². The molecule has 0 N–H and O–H groups in total.